The molecule has 5 nitrogen and oxygen atoms in total. The van der Waals surface area contributed by atoms with Gasteiger partial charge in [0.15, 0.2) is 11.5 Å². The molecule has 2 aromatic rings. The van der Waals surface area contributed by atoms with Crippen LogP contribution in [0.4, 0.5) is 5.69 Å². The van der Waals surface area contributed by atoms with Crippen LogP contribution in [-0.4, -0.2) is 15.9 Å². The molecular formula is C16H18N2O3. The highest BCUT2D eigenvalue weighted by molar-refractivity contribution is 5.56. The van der Waals surface area contributed by atoms with Gasteiger partial charge in [-0.25, -0.2) is 0 Å². The second-order valence-electron chi connectivity index (χ2n) is 5.54. The highest BCUT2D eigenvalue weighted by Crippen LogP contribution is 2.40. The van der Waals surface area contributed by atoms with Gasteiger partial charge >= 0.3 is 0 Å². The number of hydrogen-bond donors (Lipinski definition) is 2. The summed E-state index contributed by atoms with van der Waals surface area (Å²) >= 11 is 0. The summed E-state index contributed by atoms with van der Waals surface area (Å²) in [6.07, 6.45) is 0. The molecule has 0 atom stereocenters. The molecule has 0 saturated carbocycles. The van der Waals surface area contributed by atoms with Crippen molar-refractivity contribution < 1.29 is 14.6 Å². The topological polar surface area (TPSA) is 63.6 Å². The summed E-state index contributed by atoms with van der Waals surface area (Å²) in [6, 6.07) is 9.10. The molecule has 0 aliphatic carbocycles. The van der Waals surface area contributed by atoms with Gasteiger partial charge in [-0.2, -0.15) is 0 Å². The highest BCUT2D eigenvalue weighted by atomic mass is 16.7. The van der Waals surface area contributed by atoms with Crippen LogP contribution in [-0.2, 0) is 6.54 Å². The second-order valence-corrected chi connectivity index (χ2v) is 5.54. The predicted molar refractivity (Wildman–Crippen MR) is 79.7 cm³/mol. The molecule has 0 saturated heterocycles. The maximum absolute atomic E-state index is 9.79. The highest BCUT2D eigenvalue weighted by Gasteiger charge is 2.31. The lowest BCUT2D eigenvalue weighted by molar-refractivity contribution is -0.0431. The number of fused-ring (bicyclic) bond motifs is 1. The van der Waals surface area contributed by atoms with Crippen LogP contribution in [0, 0.1) is 6.92 Å². The van der Waals surface area contributed by atoms with E-state index in [-0.39, 0.29) is 5.75 Å². The quantitative estimate of drug-likeness (QED) is 0.907. The number of hydrogen-bond acceptors (Lipinski definition) is 5. The van der Waals surface area contributed by atoms with Gasteiger partial charge in [-0.15, -0.1) is 0 Å². The van der Waals surface area contributed by atoms with E-state index in [2.05, 4.69) is 10.3 Å². The predicted octanol–water partition coefficient (Wildman–Crippen LogP) is 3.22. The van der Waals surface area contributed by atoms with Gasteiger partial charge in [0, 0.05) is 31.3 Å². The van der Waals surface area contributed by atoms with Crippen LogP contribution in [0.1, 0.15) is 25.2 Å². The smallest absolute Gasteiger partial charge is 0.246 e. The third-order valence-corrected chi connectivity index (χ3v) is 3.20. The minimum atomic E-state index is -0.628. The molecule has 1 aliphatic rings. The Morgan fingerprint density at radius 3 is 2.71 bits per heavy atom. The number of benzene rings is 1. The zero-order valence-corrected chi connectivity index (χ0v) is 12.3. The molecule has 1 aliphatic heterocycles. The first-order valence-corrected chi connectivity index (χ1v) is 6.84. The fraction of sp³-hybridized carbons (Fsp3) is 0.312. The maximum Gasteiger partial charge on any atom is 0.246 e. The first-order valence-electron chi connectivity index (χ1n) is 6.84. The molecule has 0 spiro atoms. The van der Waals surface area contributed by atoms with Crippen molar-refractivity contribution in [2.24, 2.45) is 0 Å². The summed E-state index contributed by atoms with van der Waals surface area (Å²) < 4.78 is 11.3. The summed E-state index contributed by atoms with van der Waals surface area (Å²) in [7, 11) is 0. The van der Waals surface area contributed by atoms with Gasteiger partial charge in [0.2, 0.25) is 5.79 Å². The van der Waals surface area contributed by atoms with Crippen molar-refractivity contribution in [1.29, 1.82) is 0 Å². The molecule has 1 aromatic carbocycles. The Kier molecular flexibility index (Phi) is 3.12. The average Bonchev–Trinajstić information content (AvgIpc) is 2.72. The Morgan fingerprint density at radius 2 is 1.90 bits per heavy atom. The molecule has 2 N–H and O–H groups in total. The van der Waals surface area contributed by atoms with Crippen LogP contribution in [0.15, 0.2) is 30.3 Å². The lowest BCUT2D eigenvalue weighted by Crippen LogP contribution is -2.29. The van der Waals surface area contributed by atoms with Gasteiger partial charge in [-0.05, 0) is 31.2 Å². The number of ether oxygens (including phenoxy) is 2. The van der Waals surface area contributed by atoms with Gasteiger partial charge < -0.3 is 19.9 Å². The fourth-order valence-electron chi connectivity index (χ4n) is 2.25. The normalized spacial score (nSPS) is 15.0. The van der Waals surface area contributed by atoms with Crippen molar-refractivity contribution in [2.75, 3.05) is 5.32 Å². The third-order valence-electron chi connectivity index (χ3n) is 3.20. The first kappa shape index (κ1) is 13.5. The van der Waals surface area contributed by atoms with Crippen molar-refractivity contribution in [2.45, 2.75) is 33.1 Å². The lowest BCUT2D eigenvalue weighted by Gasteiger charge is -2.16. The van der Waals surface area contributed by atoms with Crippen molar-refractivity contribution >= 4 is 5.69 Å². The molecule has 2 heterocycles. The minimum absolute atomic E-state index is 0.190. The van der Waals surface area contributed by atoms with Gasteiger partial charge in [0.1, 0.15) is 11.4 Å². The monoisotopic (exact) mass is 286 g/mol. The molecule has 1 aromatic heterocycles. The Balaban J connectivity index is 1.74. The van der Waals surface area contributed by atoms with Crippen molar-refractivity contribution in [3.63, 3.8) is 0 Å². The largest absolute Gasteiger partial charge is 0.506 e. The van der Waals surface area contributed by atoms with E-state index in [0.29, 0.717) is 18.0 Å². The van der Waals surface area contributed by atoms with Gasteiger partial charge in [-0.1, -0.05) is 0 Å². The van der Waals surface area contributed by atoms with Crippen LogP contribution in [0.5, 0.6) is 17.2 Å². The molecule has 0 radical (unpaired) electrons. The molecule has 0 bridgehead atoms. The third kappa shape index (κ3) is 2.86. The number of anilines is 1. The van der Waals surface area contributed by atoms with Gasteiger partial charge in [0.25, 0.3) is 0 Å². The Bertz CT molecular complexity index is 683. The van der Waals surface area contributed by atoms with E-state index in [1.165, 1.54) is 0 Å². The number of aryl methyl sites for hydroxylation is 1. The second kappa shape index (κ2) is 4.84. The van der Waals surface area contributed by atoms with Crippen molar-refractivity contribution in [3.8, 4) is 17.2 Å². The van der Waals surface area contributed by atoms with Gasteiger partial charge in [0.05, 0.1) is 6.54 Å². The van der Waals surface area contributed by atoms with Gasteiger partial charge in [-0.3, -0.25) is 4.98 Å². The Morgan fingerprint density at radius 1 is 1.14 bits per heavy atom. The van der Waals surface area contributed by atoms with Crippen LogP contribution < -0.4 is 14.8 Å². The van der Waals surface area contributed by atoms with E-state index in [1.54, 1.807) is 12.1 Å². The summed E-state index contributed by atoms with van der Waals surface area (Å²) in [5.41, 5.74) is 2.38. The number of nitrogens with zero attached hydrogens (tertiary/aromatic N) is 1. The zero-order chi connectivity index (χ0) is 15.0. The standard InChI is InChI=1S/C16H18N2O3/c1-10-4-6-13(19)12(18-10)9-17-11-5-7-14-15(8-11)21-16(2,3)20-14/h4-8,17,19H,9H2,1-3H3. The van der Waals surface area contributed by atoms with Crippen LogP contribution in [0.2, 0.25) is 0 Å². The van der Waals surface area contributed by atoms with Crippen molar-refractivity contribution in [3.05, 3.63) is 41.7 Å². The summed E-state index contributed by atoms with van der Waals surface area (Å²) in [6.45, 7) is 6.08. The molecule has 0 fully saturated rings. The van der Waals surface area contributed by atoms with Crippen LogP contribution >= 0.6 is 0 Å². The summed E-state index contributed by atoms with van der Waals surface area (Å²) in [4.78, 5) is 4.31. The molecule has 110 valence electrons. The fourth-order valence-corrected chi connectivity index (χ4v) is 2.25. The molecule has 21 heavy (non-hydrogen) atoms. The Hall–Kier alpha value is -2.43. The minimum Gasteiger partial charge on any atom is -0.506 e. The number of aromatic nitrogens is 1. The van der Waals surface area contributed by atoms with E-state index < -0.39 is 5.79 Å². The first-order chi connectivity index (χ1) is 9.93. The number of rotatable bonds is 3. The Labute approximate surface area is 123 Å². The maximum atomic E-state index is 9.79. The lowest BCUT2D eigenvalue weighted by atomic mass is 10.2. The van der Waals surface area contributed by atoms with Crippen LogP contribution in [0.25, 0.3) is 0 Å². The number of aromatic hydroxyl groups is 1. The average molecular weight is 286 g/mol. The summed E-state index contributed by atoms with van der Waals surface area (Å²) in [5.74, 6) is 1.01. The van der Waals surface area contributed by atoms with E-state index in [4.69, 9.17) is 9.47 Å². The summed E-state index contributed by atoms with van der Waals surface area (Å²) in [5, 5.41) is 13.0. The molecular weight excluding hydrogens is 268 g/mol. The molecule has 0 unspecified atom stereocenters. The van der Waals surface area contributed by atoms with E-state index >= 15 is 0 Å². The van der Waals surface area contributed by atoms with Crippen LogP contribution in [0.3, 0.4) is 0 Å². The van der Waals surface area contributed by atoms with E-state index in [0.717, 1.165) is 17.1 Å². The molecule has 5 heteroatoms. The molecule has 0 amide bonds. The van der Waals surface area contributed by atoms with E-state index in [9.17, 15) is 5.11 Å². The zero-order valence-electron chi connectivity index (χ0n) is 12.3. The molecule has 3 rings (SSSR count). The van der Waals surface area contributed by atoms with E-state index in [1.807, 2.05) is 39.0 Å². The SMILES string of the molecule is Cc1ccc(O)c(CNc2ccc3c(c2)OC(C)(C)O3)n1. The van der Waals surface area contributed by atoms with Crippen molar-refractivity contribution in [1.82, 2.24) is 4.98 Å². The number of nitrogens with one attached hydrogen (secondary N) is 1. The number of pyridine rings is 1.